The van der Waals surface area contributed by atoms with Gasteiger partial charge in [-0.05, 0) is 29.9 Å². The monoisotopic (exact) mass is 437 g/mol. The number of benzene rings is 3. The second-order valence-corrected chi connectivity index (χ2v) is 8.02. The third-order valence-electron chi connectivity index (χ3n) is 5.61. The van der Waals surface area contributed by atoms with Gasteiger partial charge >= 0.3 is 0 Å². The van der Waals surface area contributed by atoms with E-state index in [9.17, 15) is 9.59 Å². The lowest BCUT2D eigenvalue weighted by Crippen LogP contribution is -2.38. The molecule has 1 aromatic heterocycles. The molecule has 0 saturated carbocycles. The number of amides is 1. The summed E-state index contributed by atoms with van der Waals surface area (Å²) in [5.41, 5.74) is 2.28. The Bertz CT molecular complexity index is 1210. The van der Waals surface area contributed by atoms with Gasteiger partial charge in [0.2, 0.25) is 0 Å². The number of nitrogens with zero attached hydrogens (tertiary/aromatic N) is 1. The Balaban J connectivity index is 1.35. The summed E-state index contributed by atoms with van der Waals surface area (Å²) in [7, 11) is 0. The summed E-state index contributed by atoms with van der Waals surface area (Å²) < 4.78 is 0. The Hall–Kier alpha value is -3.83. The van der Waals surface area contributed by atoms with E-state index in [0.29, 0.717) is 24.2 Å². The van der Waals surface area contributed by atoms with Crippen LogP contribution in [0.25, 0.3) is 10.8 Å². The molecule has 0 aliphatic rings. The Kier molecular flexibility index (Phi) is 7.56. The first-order valence-electron chi connectivity index (χ1n) is 11.2. The van der Waals surface area contributed by atoms with Crippen molar-refractivity contribution >= 4 is 22.5 Å². The van der Waals surface area contributed by atoms with E-state index in [4.69, 9.17) is 0 Å². The smallest absolute Gasteiger partial charge is 0.269 e. The van der Waals surface area contributed by atoms with Gasteiger partial charge in [0, 0.05) is 29.7 Å². The number of nitrogens with one attached hydrogen (secondary N) is 2. The minimum atomic E-state index is -0.195. The fourth-order valence-electron chi connectivity index (χ4n) is 3.80. The van der Waals surface area contributed by atoms with E-state index in [2.05, 4.69) is 27.8 Å². The van der Waals surface area contributed by atoms with Gasteiger partial charge in [0.25, 0.3) is 5.91 Å². The van der Waals surface area contributed by atoms with Gasteiger partial charge in [0.15, 0.2) is 5.78 Å². The third-order valence-corrected chi connectivity index (χ3v) is 5.61. The summed E-state index contributed by atoms with van der Waals surface area (Å²) in [4.78, 5) is 29.5. The molecular weight excluding hydrogens is 410 g/mol. The Morgan fingerprint density at radius 3 is 2.24 bits per heavy atom. The SMILES string of the molecule is O=C(CNC(CCNC(=O)c1cc2ccccc2cn1)Cc1ccccc1)c1ccccc1. The highest BCUT2D eigenvalue weighted by Gasteiger charge is 2.14. The van der Waals surface area contributed by atoms with Crippen molar-refractivity contribution in [1.82, 2.24) is 15.6 Å². The number of aromatic nitrogens is 1. The Labute approximate surface area is 193 Å². The maximum Gasteiger partial charge on any atom is 0.269 e. The zero-order valence-electron chi connectivity index (χ0n) is 18.4. The molecule has 1 unspecified atom stereocenters. The van der Waals surface area contributed by atoms with Crippen molar-refractivity contribution in [2.24, 2.45) is 0 Å². The lowest BCUT2D eigenvalue weighted by molar-refractivity contribution is 0.0942. The maximum atomic E-state index is 12.6. The zero-order valence-corrected chi connectivity index (χ0v) is 18.4. The minimum absolute atomic E-state index is 0.0462. The molecule has 166 valence electrons. The summed E-state index contributed by atoms with van der Waals surface area (Å²) in [6, 6.07) is 29.1. The van der Waals surface area contributed by atoms with E-state index < -0.39 is 0 Å². The highest BCUT2D eigenvalue weighted by molar-refractivity contribution is 5.97. The molecule has 2 N–H and O–H groups in total. The van der Waals surface area contributed by atoms with E-state index in [1.807, 2.05) is 78.9 Å². The number of rotatable bonds is 10. The van der Waals surface area contributed by atoms with Gasteiger partial charge in [-0.2, -0.15) is 0 Å². The molecular formula is C28H27N3O2. The molecule has 0 fully saturated rings. The average Bonchev–Trinajstić information content (AvgIpc) is 2.87. The number of ketones is 1. The van der Waals surface area contributed by atoms with Crippen LogP contribution in [0.15, 0.2) is 97.2 Å². The number of hydrogen-bond acceptors (Lipinski definition) is 4. The molecule has 33 heavy (non-hydrogen) atoms. The van der Waals surface area contributed by atoms with Gasteiger partial charge < -0.3 is 10.6 Å². The minimum Gasteiger partial charge on any atom is -0.351 e. The van der Waals surface area contributed by atoms with Crippen LogP contribution >= 0.6 is 0 Å². The zero-order chi connectivity index (χ0) is 22.9. The number of Topliss-reactive ketones (excluding diaryl/α,β-unsaturated/α-hetero) is 1. The fourth-order valence-corrected chi connectivity index (χ4v) is 3.80. The second-order valence-electron chi connectivity index (χ2n) is 8.02. The molecule has 1 heterocycles. The van der Waals surface area contributed by atoms with E-state index in [1.54, 1.807) is 6.20 Å². The van der Waals surface area contributed by atoms with Crippen LogP contribution in [-0.2, 0) is 6.42 Å². The van der Waals surface area contributed by atoms with Crippen molar-refractivity contribution in [3.8, 4) is 0 Å². The van der Waals surface area contributed by atoms with Crippen LogP contribution in [0.2, 0.25) is 0 Å². The number of hydrogen-bond donors (Lipinski definition) is 2. The molecule has 0 aliphatic carbocycles. The van der Waals surface area contributed by atoms with E-state index in [0.717, 1.165) is 17.2 Å². The number of carbonyl (C=O) groups excluding carboxylic acids is 2. The molecule has 4 aromatic rings. The van der Waals surface area contributed by atoms with Gasteiger partial charge in [-0.3, -0.25) is 14.6 Å². The van der Waals surface area contributed by atoms with Crippen molar-refractivity contribution in [1.29, 1.82) is 0 Å². The topological polar surface area (TPSA) is 71.1 Å². The molecule has 0 aliphatic heterocycles. The number of pyridine rings is 1. The van der Waals surface area contributed by atoms with E-state index >= 15 is 0 Å². The van der Waals surface area contributed by atoms with Gasteiger partial charge in [-0.1, -0.05) is 84.9 Å². The number of fused-ring (bicyclic) bond motifs is 1. The standard InChI is InChI=1S/C28H27N3O2/c32-27(22-11-5-2-6-12-22)20-30-25(17-21-9-3-1-4-10-21)15-16-29-28(33)26-18-23-13-7-8-14-24(23)19-31-26/h1-14,18-19,25,30H,15-17,20H2,(H,29,33). The van der Waals surface area contributed by atoms with Crippen LogP contribution < -0.4 is 10.6 Å². The molecule has 1 atom stereocenters. The first kappa shape index (κ1) is 22.4. The van der Waals surface area contributed by atoms with Crippen molar-refractivity contribution in [3.05, 3.63) is 114 Å². The van der Waals surface area contributed by atoms with E-state index in [-0.39, 0.29) is 24.3 Å². The largest absolute Gasteiger partial charge is 0.351 e. The predicted octanol–water partition coefficient (Wildman–Crippen LogP) is 4.44. The molecule has 4 rings (SSSR count). The van der Waals surface area contributed by atoms with Crippen LogP contribution in [0.1, 0.15) is 32.8 Å². The fraction of sp³-hybridized carbons (Fsp3) is 0.179. The van der Waals surface area contributed by atoms with Crippen LogP contribution in [-0.4, -0.2) is 35.8 Å². The summed E-state index contributed by atoms with van der Waals surface area (Å²) in [5, 5.41) is 8.35. The Morgan fingerprint density at radius 2 is 1.48 bits per heavy atom. The first-order chi connectivity index (χ1) is 16.2. The van der Waals surface area contributed by atoms with Gasteiger partial charge in [0.1, 0.15) is 5.69 Å². The summed E-state index contributed by atoms with van der Waals surface area (Å²) in [6.07, 6.45) is 3.18. The summed E-state index contributed by atoms with van der Waals surface area (Å²) >= 11 is 0. The summed E-state index contributed by atoms with van der Waals surface area (Å²) in [5.74, 6) is -0.141. The third kappa shape index (κ3) is 6.34. The molecule has 1 amide bonds. The molecule has 3 aromatic carbocycles. The predicted molar refractivity (Wildman–Crippen MR) is 131 cm³/mol. The van der Waals surface area contributed by atoms with Crippen LogP contribution in [0, 0.1) is 0 Å². The number of carbonyl (C=O) groups is 2. The van der Waals surface area contributed by atoms with Crippen molar-refractivity contribution in [2.45, 2.75) is 18.9 Å². The normalized spacial score (nSPS) is 11.8. The van der Waals surface area contributed by atoms with Crippen LogP contribution in [0.5, 0.6) is 0 Å². The van der Waals surface area contributed by atoms with Gasteiger partial charge in [-0.25, -0.2) is 0 Å². The van der Waals surface area contributed by atoms with Gasteiger partial charge in [-0.15, -0.1) is 0 Å². The lowest BCUT2D eigenvalue weighted by atomic mass is 10.0. The van der Waals surface area contributed by atoms with Crippen LogP contribution in [0.3, 0.4) is 0 Å². The first-order valence-corrected chi connectivity index (χ1v) is 11.2. The quantitative estimate of drug-likeness (QED) is 0.360. The summed E-state index contributed by atoms with van der Waals surface area (Å²) in [6.45, 7) is 0.735. The second kappa shape index (κ2) is 11.2. The highest BCUT2D eigenvalue weighted by atomic mass is 16.2. The average molecular weight is 438 g/mol. The molecule has 0 bridgehead atoms. The highest BCUT2D eigenvalue weighted by Crippen LogP contribution is 2.13. The molecule has 0 spiro atoms. The maximum absolute atomic E-state index is 12.6. The van der Waals surface area contributed by atoms with Crippen molar-refractivity contribution < 1.29 is 9.59 Å². The van der Waals surface area contributed by atoms with Gasteiger partial charge in [0.05, 0.1) is 6.54 Å². The molecule has 5 nitrogen and oxygen atoms in total. The lowest BCUT2D eigenvalue weighted by Gasteiger charge is -2.19. The molecule has 0 saturated heterocycles. The molecule has 5 heteroatoms. The Morgan fingerprint density at radius 1 is 0.818 bits per heavy atom. The van der Waals surface area contributed by atoms with Crippen LogP contribution in [0.4, 0.5) is 0 Å². The van der Waals surface area contributed by atoms with Crippen molar-refractivity contribution in [2.75, 3.05) is 13.1 Å². The van der Waals surface area contributed by atoms with E-state index in [1.165, 1.54) is 5.56 Å². The van der Waals surface area contributed by atoms with Crippen molar-refractivity contribution in [3.63, 3.8) is 0 Å². The molecule has 0 radical (unpaired) electrons.